The van der Waals surface area contributed by atoms with E-state index in [-0.39, 0.29) is 6.04 Å². The van der Waals surface area contributed by atoms with E-state index >= 15 is 0 Å². The average Bonchev–Trinajstić information content (AvgIpc) is 2.74. The van der Waals surface area contributed by atoms with Crippen LogP contribution in [-0.4, -0.2) is 35.2 Å². The van der Waals surface area contributed by atoms with E-state index in [1.165, 1.54) is 11.0 Å². The van der Waals surface area contributed by atoms with Gasteiger partial charge in [0.2, 0.25) is 0 Å². The Morgan fingerprint density at radius 3 is 2.94 bits per heavy atom. The van der Waals surface area contributed by atoms with Gasteiger partial charge < -0.3 is 21.1 Å². The molecule has 0 spiro atoms. The largest absolute Gasteiger partial charge is 0.465 e. The number of benzene rings is 1. The summed E-state index contributed by atoms with van der Waals surface area (Å²) >= 11 is 3.09. The molecule has 0 aromatic heterocycles. The Bertz CT molecular complexity index is 484. The van der Waals surface area contributed by atoms with E-state index in [1.807, 2.05) is 0 Å². The highest BCUT2D eigenvalue weighted by atomic mass is 79.9. The summed E-state index contributed by atoms with van der Waals surface area (Å²) in [5.74, 6) is -0.420. The SMILES string of the molecule is Nc1cc(F)c(Br)cc1N[C@H]1CCN(C(=O)O)C1. The van der Waals surface area contributed by atoms with Crippen molar-refractivity contribution in [2.45, 2.75) is 12.5 Å². The zero-order chi connectivity index (χ0) is 13.3. The van der Waals surface area contributed by atoms with E-state index in [1.54, 1.807) is 6.07 Å². The Balaban J connectivity index is 2.07. The lowest BCUT2D eigenvalue weighted by Crippen LogP contribution is -2.30. The summed E-state index contributed by atoms with van der Waals surface area (Å²) in [6, 6.07) is 2.80. The number of anilines is 2. The highest BCUT2D eigenvalue weighted by Gasteiger charge is 2.26. The van der Waals surface area contributed by atoms with Crippen molar-refractivity contribution in [2.75, 3.05) is 24.1 Å². The summed E-state index contributed by atoms with van der Waals surface area (Å²) in [4.78, 5) is 12.1. The van der Waals surface area contributed by atoms with Crippen molar-refractivity contribution < 1.29 is 14.3 Å². The van der Waals surface area contributed by atoms with Crippen molar-refractivity contribution in [2.24, 2.45) is 0 Å². The fraction of sp³-hybridized carbons (Fsp3) is 0.364. The lowest BCUT2D eigenvalue weighted by molar-refractivity contribution is 0.155. The number of nitrogens with two attached hydrogens (primary N) is 1. The van der Waals surface area contributed by atoms with Gasteiger partial charge in [0.05, 0.1) is 15.8 Å². The van der Waals surface area contributed by atoms with Crippen LogP contribution >= 0.6 is 15.9 Å². The van der Waals surface area contributed by atoms with E-state index in [9.17, 15) is 9.18 Å². The van der Waals surface area contributed by atoms with Gasteiger partial charge in [-0.1, -0.05) is 0 Å². The number of hydrogen-bond donors (Lipinski definition) is 3. The molecule has 98 valence electrons. The van der Waals surface area contributed by atoms with Crippen LogP contribution in [0.3, 0.4) is 0 Å². The Morgan fingerprint density at radius 1 is 1.61 bits per heavy atom. The Kier molecular flexibility index (Phi) is 3.60. The normalized spacial score (nSPS) is 19.0. The Morgan fingerprint density at radius 2 is 2.33 bits per heavy atom. The van der Waals surface area contributed by atoms with Crippen molar-refractivity contribution >= 4 is 33.4 Å². The second-order valence-electron chi connectivity index (χ2n) is 4.21. The lowest BCUT2D eigenvalue weighted by Gasteiger charge is -2.17. The van der Waals surface area contributed by atoms with E-state index in [0.717, 1.165) is 0 Å². The molecule has 1 aromatic rings. The first-order valence-corrected chi connectivity index (χ1v) is 6.25. The van der Waals surface area contributed by atoms with E-state index in [2.05, 4.69) is 21.2 Å². The zero-order valence-corrected chi connectivity index (χ0v) is 11.1. The number of nitrogen functional groups attached to an aromatic ring is 1. The molecule has 0 saturated carbocycles. The molecule has 1 aromatic carbocycles. The molecule has 2 rings (SSSR count). The number of carboxylic acid groups (broad SMARTS) is 1. The first-order valence-electron chi connectivity index (χ1n) is 5.46. The molecule has 4 N–H and O–H groups in total. The van der Waals surface area contributed by atoms with Crippen LogP contribution in [0.4, 0.5) is 20.6 Å². The number of nitrogens with zero attached hydrogens (tertiary/aromatic N) is 1. The summed E-state index contributed by atoms with van der Waals surface area (Å²) in [6.07, 6.45) is -0.214. The van der Waals surface area contributed by atoms with Crippen molar-refractivity contribution in [3.05, 3.63) is 22.4 Å². The van der Waals surface area contributed by atoms with Crippen LogP contribution in [-0.2, 0) is 0 Å². The van der Waals surface area contributed by atoms with E-state index in [0.29, 0.717) is 35.4 Å². The molecule has 1 saturated heterocycles. The van der Waals surface area contributed by atoms with Gasteiger partial charge in [0.1, 0.15) is 5.82 Å². The van der Waals surface area contributed by atoms with E-state index < -0.39 is 11.9 Å². The number of carbonyl (C=O) groups is 1. The number of nitrogens with one attached hydrogen (secondary N) is 1. The number of rotatable bonds is 2. The second-order valence-corrected chi connectivity index (χ2v) is 5.07. The van der Waals surface area contributed by atoms with Crippen LogP contribution < -0.4 is 11.1 Å². The van der Waals surface area contributed by atoms with Gasteiger partial charge in [0, 0.05) is 25.2 Å². The van der Waals surface area contributed by atoms with Gasteiger partial charge >= 0.3 is 6.09 Å². The van der Waals surface area contributed by atoms with Gasteiger partial charge in [-0.3, -0.25) is 0 Å². The van der Waals surface area contributed by atoms with Crippen LogP contribution in [0.25, 0.3) is 0 Å². The second kappa shape index (κ2) is 5.01. The van der Waals surface area contributed by atoms with Crippen LogP contribution in [0, 0.1) is 5.82 Å². The molecule has 0 aliphatic carbocycles. The van der Waals surface area contributed by atoms with Crippen LogP contribution in [0.2, 0.25) is 0 Å². The maximum Gasteiger partial charge on any atom is 0.407 e. The minimum Gasteiger partial charge on any atom is -0.465 e. The molecular formula is C11H13BrFN3O2. The molecule has 0 radical (unpaired) electrons. The molecular weight excluding hydrogens is 305 g/mol. The fourth-order valence-corrected chi connectivity index (χ4v) is 2.30. The van der Waals surface area contributed by atoms with Gasteiger partial charge in [-0.05, 0) is 28.4 Å². The summed E-state index contributed by atoms with van der Waals surface area (Å²) in [5, 5.41) is 12.0. The third-order valence-electron chi connectivity index (χ3n) is 2.91. The lowest BCUT2D eigenvalue weighted by atomic mass is 10.2. The molecule has 1 aliphatic rings. The van der Waals surface area contributed by atoms with Gasteiger partial charge in [0.25, 0.3) is 0 Å². The summed E-state index contributed by atoms with van der Waals surface area (Å²) < 4.78 is 13.5. The monoisotopic (exact) mass is 317 g/mol. The number of likely N-dealkylation sites (tertiary alicyclic amines) is 1. The van der Waals surface area contributed by atoms with Crippen molar-refractivity contribution in [3.63, 3.8) is 0 Å². The van der Waals surface area contributed by atoms with Gasteiger partial charge in [-0.25, -0.2) is 9.18 Å². The van der Waals surface area contributed by atoms with Crippen molar-refractivity contribution in [1.82, 2.24) is 4.90 Å². The molecule has 0 bridgehead atoms. The highest BCUT2D eigenvalue weighted by molar-refractivity contribution is 9.10. The van der Waals surface area contributed by atoms with E-state index in [4.69, 9.17) is 10.8 Å². The molecule has 1 amide bonds. The Labute approximate surface area is 112 Å². The fourth-order valence-electron chi connectivity index (χ4n) is 1.96. The van der Waals surface area contributed by atoms with Crippen molar-refractivity contribution in [3.8, 4) is 0 Å². The summed E-state index contributed by atoms with van der Waals surface area (Å²) in [6.45, 7) is 0.902. The average molecular weight is 318 g/mol. The molecule has 7 heteroatoms. The molecule has 1 aliphatic heterocycles. The molecule has 1 fully saturated rings. The molecule has 1 atom stereocenters. The maximum atomic E-state index is 13.2. The third-order valence-corrected chi connectivity index (χ3v) is 3.52. The minimum atomic E-state index is -0.924. The minimum absolute atomic E-state index is 0.000705. The van der Waals surface area contributed by atoms with Crippen LogP contribution in [0.15, 0.2) is 16.6 Å². The first kappa shape index (κ1) is 12.9. The topological polar surface area (TPSA) is 78.6 Å². The highest BCUT2D eigenvalue weighted by Crippen LogP contribution is 2.28. The standard InChI is InChI=1S/C11H13BrFN3O2/c12-7-3-10(9(14)4-8(7)13)15-6-1-2-16(5-6)11(17)18/h3-4,6,15H,1-2,5,14H2,(H,17,18)/t6-/m0/s1. The molecule has 0 unspecified atom stereocenters. The predicted octanol–water partition coefficient (Wildman–Crippen LogP) is 2.33. The molecule has 18 heavy (non-hydrogen) atoms. The van der Waals surface area contributed by atoms with Gasteiger partial charge in [-0.2, -0.15) is 0 Å². The third kappa shape index (κ3) is 2.66. The predicted molar refractivity (Wildman–Crippen MR) is 70.1 cm³/mol. The maximum absolute atomic E-state index is 13.2. The van der Waals surface area contributed by atoms with Crippen LogP contribution in [0.1, 0.15) is 6.42 Å². The first-order chi connectivity index (χ1) is 8.47. The number of hydrogen-bond acceptors (Lipinski definition) is 3. The summed E-state index contributed by atoms with van der Waals surface area (Å²) in [5.41, 5.74) is 6.63. The number of amides is 1. The molecule has 5 nitrogen and oxygen atoms in total. The molecule has 1 heterocycles. The Hall–Kier alpha value is -1.50. The number of halogens is 2. The van der Waals surface area contributed by atoms with Crippen molar-refractivity contribution in [1.29, 1.82) is 0 Å². The van der Waals surface area contributed by atoms with Gasteiger partial charge in [-0.15, -0.1) is 0 Å². The van der Waals surface area contributed by atoms with Crippen LogP contribution in [0.5, 0.6) is 0 Å². The quantitative estimate of drug-likeness (QED) is 0.731. The summed E-state index contributed by atoms with van der Waals surface area (Å²) in [7, 11) is 0. The zero-order valence-electron chi connectivity index (χ0n) is 9.49. The smallest absolute Gasteiger partial charge is 0.407 e. The van der Waals surface area contributed by atoms with Gasteiger partial charge in [0.15, 0.2) is 0 Å².